The minimum absolute atomic E-state index is 0.0672. The molecule has 0 aliphatic carbocycles. The van der Waals surface area contributed by atoms with Gasteiger partial charge in [-0.2, -0.15) is 0 Å². The normalized spacial score (nSPS) is 27.3. The first kappa shape index (κ1) is 9.77. The predicted molar refractivity (Wildman–Crippen MR) is 46.7 cm³/mol. The highest BCUT2D eigenvalue weighted by molar-refractivity contribution is 5.96. The van der Waals surface area contributed by atoms with Gasteiger partial charge in [0.2, 0.25) is 0 Å². The number of rotatable bonds is 2. The second-order valence-electron chi connectivity index (χ2n) is 3.46. The van der Waals surface area contributed by atoms with Crippen LogP contribution in [-0.2, 0) is 14.3 Å². The third-order valence-electron chi connectivity index (χ3n) is 2.26. The molecule has 2 N–H and O–H groups in total. The summed E-state index contributed by atoms with van der Waals surface area (Å²) >= 11 is 0. The van der Waals surface area contributed by atoms with Gasteiger partial charge in [0.15, 0.2) is 11.4 Å². The molecule has 4 heteroatoms. The van der Waals surface area contributed by atoms with Crippen molar-refractivity contribution in [3.8, 4) is 0 Å². The smallest absolute Gasteiger partial charge is 0.261 e. The van der Waals surface area contributed by atoms with Gasteiger partial charge in [-0.1, -0.05) is 0 Å². The Bertz CT molecular complexity index is 306. The van der Waals surface area contributed by atoms with Crippen LogP contribution in [0.15, 0.2) is 11.3 Å². The highest BCUT2D eigenvalue weighted by Crippen LogP contribution is 2.33. The number of Topliss-reactive ketones (excluding diaryl/α,β-unsaturated/α-hetero) is 1. The van der Waals surface area contributed by atoms with Crippen molar-refractivity contribution in [3.63, 3.8) is 0 Å². The molecule has 1 amide bonds. The number of nitrogens with two attached hydrogens (primary N) is 1. The lowest BCUT2D eigenvalue weighted by Crippen LogP contribution is -2.40. The van der Waals surface area contributed by atoms with E-state index >= 15 is 0 Å². The second kappa shape index (κ2) is 2.87. The third kappa shape index (κ3) is 1.56. The number of hydrogen-bond donors (Lipinski definition) is 1. The summed E-state index contributed by atoms with van der Waals surface area (Å²) in [5.41, 5.74) is 4.67. The number of amides is 1. The monoisotopic (exact) mass is 183 g/mol. The fourth-order valence-corrected chi connectivity index (χ4v) is 1.41. The first-order valence-electron chi connectivity index (χ1n) is 4.06. The number of carbonyl (C=O) groups excluding carboxylic acids is 2. The van der Waals surface area contributed by atoms with Gasteiger partial charge in [-0.3, -0.25) is 9.59 Å². The van der Waals surface area contributed by atoms with Crippen LogP contribution in [0.25, 0.3) is 0 Å². The minimum Gasteiger partial charge on any atom is -0.482 e. The molecule has 0 bridgehead atoms. The van der Waals surface area contributed by atoms with Crippen molar-refractivity contribution >= 4 is 11.7 Å². The predicted octanol–water partition coefficient (Wildman–Crippen LogP) is 0.514. The van der Waals surface area contributed by atoms with E-state index in [1.807, 2.05) is 0 Å². The van der Waals surface area contributed by atoms with Crippen molar-refractivity contribution in [2.24, 2.45) is 5.73 Å². The zero-order chi connectivity index (χ0) is 10.2. The lowest BCUT2D eigenvalue weighted by atomic mass is 9.96. The summed E-state index contributed by atoms with van der Waals surface area (Å²) in [7, 11) is 0. The molecule has 1 aliphatic heterocycles. The molecule has 4 nitrogen and oxygen atoms in total. The molecule has 1 heterocycles. The molecule has 1 atom stereocenters. The molecule has 0 saturated heterocycles. The van der Waals surface area contributed by atoms with Crippen LogP contribution in [0.4, 0.5) is 0 Å². The van der Waals surface area contributed by atoms with Crippen LogP contribution in [0.3, 0.4) is 0 Å². The molecule has 1 unspecified atom stereocenters. The standard InChI is InChI=1S/C9H13NO3/c1-5(11)7-4-9(3,8(10)12)13-6(7)2/h4H2,1-3H3,(H2,10,12). The van der Waals surface area contributed by atoms with Gasteiger partial charge >= 0.3 is 0 Å². The molecule has 0 aromatic rings. The number of primary amides is 1. The topological polar surface area (TPSA) is 69.4 Å². The Labute approximate surface area is 76.7 Å². The van der Waals surface area contributed by atoms with E-state index in [2.05, 4.69) is 0 Å². The van der Waals surface area contributed by atoms with Crippen LogP contribution >= 0.6 is 0 Å². The number of hydrogen-bond acceptors (Lipinski definition) is 3. The first-order chi connectivity index (χ1) is 5.87. The molecule has 0 fully saturated rings. The fourth-order valence-electron chi connectivity index (χ4n) is 1.41. The van der Waals surface area contributed by atoms with Crippen LogP contribution in [-0.4, -0.2) is 17.3 Å². The summed E-state index contributed by atoms with van der Waals surface area (Å²) in [6.07, 6.45) is 0.281. The van der Waals surface area contributed by atoms with Gasteiger partial charge in [0.05, 0.1) is 0 Å². The van der Waals surface area contributed by atoms with E-state index in [0.717, 1.165) is 0 Å². The Morgan fingerprint density at radius 1 is 1.54 bits per heavy atom. The molecular formula is C9H13NO3. The number of allylic oxidation sites excluding steroid dienone is 1. The van der Waals surface area contributed by atoms with Crippen molar-refractivity contribution in [2.75, 3.05) is 0 Å². The molecule has 0 aromatic carbocycles. The average molecular weight is 183 g/mol. The lowest BCUT2D eigenvalue weighted by molar-refractivity contribution is -0.134. The van der Waals surface area contributed by atoms with E-state index < -0.39 is 11.5 Å². The Kier molecular flexibility index (Phi) is 2.15. The van der Waals surface area contributed by atoms with E-state index in [4.69, 9.17) is 10.5 Å². The van der Waals surface area contributed by atoms with E-state index in [9.17, 15) is 9.59 Å². The van der Waals surface area contributed by atoms with Crippen LogP contribution < -0.4 is 5.73 Å². The number of ether oxygens (including phenoxy) is 1. The zero-order valence-electron chi connectivity index (χ0n) is 8.01. The maximum Gasteiger partial charge on any atom is 0.261 e. The summed E-state index contributed by atoms with van der Waals surface area (Å²) in [6.45, 7) is 4.72. The summed E-state index contributed by atoms with van der Waals surface area (Å²) in [5.74, 6) is -0.0978. The molecule has 13 heavy (non-hydrogen) atoms. The Morgan fingerprint density at radius 2 is 2.08 bits per heavy atom. The zero-order valence-corrected chi connectivity index (χ0v) is 8.01. The number of carbonyl (C=O) groups is 2. The summed E-state index contributed by atoms with van der Waals surface area (Å²) in [4.78, 5) is 22.1. The highest BCUT2D eigenvalue weighted by atomic mass is 16.5. The van der Waals surface area contributed by atoms with Crippen LogP contribution in [0.1, 0.15) is 27.2 Å². The molecule has 1 rings (SSSR count). The second-order valence-corrected chi connectivity index (χ2v) is 3.46. The van der Waals surface area contributed by atoms with Gasteiger partial charge in [0, 0.05) is 12.0 Å². The molecule has 0 radical (unpaired) electrons. The Morgan fingerprint density at radius 3 is 2.31 bits per heavy atom. The molecular weight excluding hydrogens is 170 g/mol. The van der Waals surface area contributed by atoms with E-state index in [1.54, 1.807) is 13.8 Å². The van der Waals surface area contributed by atoms with Crippen LogP contribution in [0.5, 0.6) is 0 Å². The van der Waals surface area contributed by atoms with Crippen molar-refractivity contribution in [2.45, 2.75) is 32.8 Å². The van der Waals surface area contributed by atoms with Crippen molar-refractivity contribution in [1.29, 1.82) is 0 Å². The fraction of sp³-hybridized carbons (Fsp3) is 0.556. The molecule has 0 aromatic heterocycles. The summed E-state index contributed by atoms with van der Waals surface area (Å²) < 4.78 is 5.27. The quantitative estimate of drug-likeness (QED) is 0.678. The van der Waals surface area contributed by atoms with Gasteiger partial charge in [-0.25, -0.2) is 0 Å². The van der Waals surface area contributed by atoms with Crippen molar-refractivity contribution in [1.82, 2.24) is 0 Å². The molecule has 0 spiro atoms. The van der Waals surface area contributed by atoms with Crippen molar-refractivity contribution in [3.05, 3.63) is 11.3 Å². The maximum atomic E-state index is 11.1. The van der Waals surface area contributed by atoms with E-state index in [1.165, 1.54) is 6.92 Å². The van der Waals surface area contributed by atoms with Crippen LogP contribution in [0.2, 0.25) is 0 Å². The molecule has 1 aliphatic rings. The maximum absolute atomic E-state index is 11.1. The van der Waals surface area contributed by atoms with Crippen LogP contribution in [0, 0.1) is 0 Å². The lowest BCUT2D eigenvalue weighted by Gasteiger charge is -2.20. The SMILES string of the molecule is CC(=O)C1=C(C)OC(C)(C(N)=O)C1. The van der Waals surface area contributed by atoms with Gasteiger partial charge in [0.25, 0.3) is 5.91 Å². The third-order valence-corrected chi connectivity index (χ3v) is 2.26. The van der Waals surface area contributed by atoms with Gasteiger partial charge in [0.1, 0.15) is 5.76 Å². The van der Waals surface area contributed by atoms with Gasteiger partial charge < -0.3 is 10.5 Å². The average Bonchev–Trinajstić information content (AvgIpc) is 2.28. The molecule has 72 valence electrons. The van der Waals surface area contributed by atoms with E-state index in [-0.39, 0.29) is 12.2 Å². The largest absolute Gasteiger partial charge is 0.482 e. The molecule has 0 saturated carbocycles. The minimum atomic E-state index is -1.04. The Balaban J connectivity index is 2.91. The Hall–Kier alpha value is -1.32. The highest BCUT2D eigenvalue weighted by Gasteiger charge is 2.41. The summed E-state index contributed by atoms with van der Waals surface area (Å²) in [6, 6.07) is 0. The summed E-state index contributed by atoms with van der Waals surface area (Å²) in [5, 5.41) is 0. The van der Waals surface area contributed by atoms with E-state index in [0.29, 0.717) is 11.3 Å². The van der Waals surface area contributed by atoms with Gasteiger partial charge in [-0.05, 0) is 20.8 Å². The van der Waals surface area contributed by atoms with Crippen molar-refractivity contribution < 1.29 is 14.3 Å². The first-order valence-corrected chi connectivity index (χ1v) is 4.06. The number of ketones is 1. The van der Waals surface area contributed by atoms with Gasteiger partial charge in [-0.15, -0.1) is 0 Å².